The fourth-order valence-corrected chi connectivity index (χ4v) is 2.29. The molecule has 1 amide bonds. The maximum Gasteiger partial charge on any atom is 0.573 e. The third-order valence-electron chi connectivity index (χ3n) is 3.48. The lowest BCUT2D eigenvalue weighted by atomic mass is 10.1. The maximum absolute atomic E-state index is 12.4. The molecule has 2 rings (SSSR count). The summed E-state index contributed by atoms with van der Waals surface area (Å²) in [6, 6.07) is 10.6. The van der Waals surface area contributed by atoms with Gasteiger partial charge in [0.25, 0.3) is 0 Å². The van der Waals surface area contributed by atoms with Gasteiger partial charge >= 0.3 is 6.36 Å². The van der Waals surface area contributed by atoms with Gasteiger partial charge in [0.2, 0.25) is 5.91 Å². The van der Waals surface area contributed by atoms with Crippen LogP contribution in [0.1, 0.15) is 12.0 Å². The number of hydrogen-bond acceptors (Lipinski definition) is 4. The van der Waals surface area contributed by atoms with Crippen molar-refractivity contribution in [2.45, 2.75) is 19.2 Å². The molecule has 0 bridgehead atoms. The average molecular weight is 369 g/mol. The molecule has 140 valence electrons. The lowest BCUT2D eigenvalue weighted by Crippen LogP contribution is -2.19. The van der Waals surface area contributed by atoms with Crippen molar-refractivity contribution in [1.82, 2.24) is 0 Å². The highest BCUT2D eigenvalue weighted by Gasteiger charge is 2.32. The van der Waals surface area contributed by atoms with Crippen molar-refractivity contribution >= 4 is 11.6 Å². The maximum atomic E-state index is 12.4. The van der Waals surface area contributed by atoms with Gasteiger partial charge in [0.15, 0.2) is 17.2 Å². The fraction of sp³-hybridized carbons (Fsp3) is 0.278. The first-order valence-corrected chi connectivity index (χ1v) is 7.68. The quantitative estimate of drug-likeness (QED) is 0.796. The number of hydrogen-bond donors (Lipinski definition) is 1. The molecule has 0 fully saturated rings. The molecule has 2 aromatic carbocycles. The van der Waals surface area contributed by atoms with Crippen LogP contribution in [0.2, 0.25) is 0 Å². The number of carbonyl (C=O) groups is 1. The number of nitrogens with one attached hydrogen (secondary N) is 1. The summed E-state index contributed by atoms with van der Waals surface area (Å²) in [4.78, 5) is 12.1. The first-order chi connectivity index (χ1) is 12.3. The summed E-state index contributed by atoms with van der Waals surface area (Å²) in [6.45, 7) is 0. The van der Waals surface area contributed by atoms with Gasteiger partial charge in [-0.05, 0) is 36.2 Å². The van der Waals surface area contributed by atoms with E-state index in [1.165, 1.54) is 32.4 Å². The van der Waals surface area contributed by atoms with E-state index >= 15 is 0 Å². The van der Waals surface area contributed by atoms with Crippen molar-refractivity contribution in [2.75, 3.05) is 19.5 Å². The van der Waals surface area contributed by atoms with Gasteiger partial charge in [-0.15, -0.1) is 13.2 Å². The molecule has 0 heterocycles. The number of halogens is 3. The van der Waals surface area contributed by atoms with Crippen LogP contribution in [0.25, 0.3) is 0 Å². The number of rotatable bonds is 7. The van der Waals surface area contributed by atoms with Crippen LogP contribution in [0.5, 0.6) is 17.2 Å². The van der Waals surface area contributed by atoms with Crippen molar-refractivity contribution < 1.29 is 32.2 Å². The van der Waals surface area contributed by atoms with Crippen molar-refractivity contribution in [3.8, 4) is 17.2 Å². The van der Waals surface area contributed by atoms with Crippen LogP contribution in [0.3, 0.4) is 0 Å². The molecule has 0 aliphatic rings. The van der Waals surface area contributed by atoms with Crippen molar-refractivity contribution in [2.24, 2.45) is 0 Å². The Bertz CT molecular complexity index is 762. The number of methoxy groups -OCH3 is 2. The van der Waals surface area contributed by atoms with Gasteiger partial charge in [-0.2, -0.15) is 0 Å². The smallest absolute Gasteiger partial charge is 0.493 e. The van der Waals surface area contributed by atoms with Crippen LogP contribution in [0.15, 0.2) is 42.5 Å². The topological polar surface area (TPSA) is 56.8 Å². The SMILES string of the molecule is COc1ccc(CCC(=O)Nc2ccccc2OC(F)(F)F)cc1OC. The van der Waals surface area contributed by atoms with Crippen LogP contribution >= 0.6 is 0 Å². The Kier molecular flexibility index (Phi) is 6.32. The summed E-state index contributed by atoms with van der Waals surface area (Å²) in [6.07, 6.45) is -4.37. The van der Waals surface area contributed by atoms with Crippen LogP contribution in [-0.4, -0.2) is 26.5 Å². The first kappa shape index (κ1) is 19.4. The molecule has 26 heavy (non-hydrogen) atoms. The summed E-state index contributed by atoms with van der Waals surface area (Å²) in [5.41, 5.74) is 0.791. The second-order valence-corrected chi connectivity index (χ2v) is 5.28. The summed E-state index contributed by atoms with van der Waals surface area (Å²) in [5.74, 6) is 0.214. The standard InChI is InChI=1S/C18H18F3NO4/c1-24-15-9-7-12(11-16(15)25-2)8-10-17(23)22-13-5-3-4-6-14(13)26-18(19,20)21/h3-7,9,11H,8,10H2,1-2H3,(H,22,23). The second kappa shape index (κ2) is 8.46. The molecule has 8 heteroatoms. The summed E-state index contributed by atoms with van der Waals surface area (Å²) in [5, 5.41) is 2.43. The zero-order valence-electron chi connectivity index (χ0n) is 14.2. The lowest BCUT2D eigenvalue weighted by Gasteiger charge is -2.14. The Labute approximate surface area is 148 Å². The van der Waals surface area contributed by atoms with E-state index in [0.717, 1.165) is 11.6 Å². The number of ether oxygens (including phenoxy) is 3. The molecule has 0 saturated carbocycles. The Balaban J connectivity index is 2.00. The highest BCUT2D eigenvalue weighted by atomic mass is 19.4. The predicted octanol–water partition coefficient (Wildman–Crippen LogP) is 4.17. The Hall–Kier alpha value is -2.90. The third-order valence-corrected chi connectivity index (χ3v) is 3.48. The van der Waals surface area contributed by atoms with E-state index in [-0.39, 0.29) is 12.1 Å². The minimum absolute atomic E-state index is 0.0397. The second-order valence-electron chi connectivity index (χ2n) is 5.28. The van der Waals surface area contributed by atoms with E-state index < -0.39 is 18.0 Å². The van der Waals surface area contributed by atoms with E-state index in [1.807, 2.05) is 0 Å². The molecule has 0 aromatic heterocycles. The van der Waals surface area contributed by atoms with Crippen molar-refractivity contribution in [3.05, 3.63) is 48.0 Å². The number of alkyl halides is 3. The summed E-state index contributed by atoms with van der Waals surface area (Å²) in [7, 11) is 3.03. The Morgan fingerprint density at radius 1 is 1.00 bits per heavy atom. The van der Waals surface area contributed by atoms with E-state index in [2.05, 4.69) is 10.1 Å². The lowest BCUT2D eigenvalue weighted by molar-refractivity contribution is -0.274. The van der Waals surface area contributed by atoms with Crippen molar-refractivity contribution in [3.63, 3.8) is 0 Å². The van der Waals surface area contributed by atoms with Crippen LogP contribution in [-0.2, 0) is 11.2 Å². The average Bonchev–Trinajstić information content (AvgIpc) is 2.60. The molecule has 5 nitrogen and oxygen atoms in total. The molecule has 0 saturated heterocycles. The first-order valence-electron chi connectivity index (χ1n) is 7.68. The number of aryl methyl sites for hydroxylation is 1. The highest BCUT2D eigenvalue weighted by Crippen LogP contribution is 2.30. The monoisotopic (exact) mass is 369 g/mol. The van der Waals surface area contributed by atoms with E-state index in [1.54, 1.807) is 18.2 Å². The largest absolute Gasteiger partial charge is 0.573 e. The molecular formula is C18H18F3NO4. The van der Waals surface area contributed by atoms with Gasteiger partial charge in [-0.1, -0.05) is 18.2 Å². The molecule has 0 aliphatic carbocycles. The zero-order valence-corrected chi connectivity index (χ0v) is 14.2. The fourth-order valence-electron chi connectivity index (χ4n) is 2.29. The van der Waals surface area contributed by atoms with Crippen LogP contribution < -0.4 is 19.5 Å². The Morgan fingerprint density at radius 2 is 1.69 bits per heavy atom. The number of para-hydroxylation sites is 2. The van der Waals surface area contributed by atoms with E-state index in [9.17, 15) is 18.0 Å². The summed E-state index contributed by atoms with van der Waals surface area (Å²) >= 11 is 0. The molecule has 0 unspecified atom stereocenters. The minimum atomic E-state index is -4.83. The van der Waals surface area contributed by atoms with Gasteiger partial charge in [0.05, 0.1) is 19.9 Å². The van der Waals surface area contributed by atoms with Crippen LogP contribution in [0.4, 0.5) is 18.9 Å². The highest BCUT2D eigenvalue weighted by molar-refractivity contribution is 5.92. The normalized spacial score (nSPS) is 11.0. The number of carbonyl (C=O) groups excluding carboxylic acids is 1. The Morgan fingerprint density at radius 3 is 2.35 bits per heavy atom. The minimum Gasteiger partial charge on any atom is -0.493 e. The van der Waals surface area contributed by atoms with Crippen LogP contribution in [0, 0.1) is 0 Å². The molecule has 1 N–H and O–H groups in total. The summed E-state index contributed by atoms with van der Waals surface area (Å²) < 4.78 is 51.5. The van der Waals surface area contributed by atoms with Crippen molar-refractivity contribution in [1.29, 1.82) is 0 Å². The van der Waals surface area contributed by atoms with E-state index in [4.69, 9.17) is 9.47 Å². The van der Waals surface area contributed by atoms with Gasteiger partial charge in [0, 0.05) is 6.42 Å². The number of anilines is 1. The van der Waals surface area contributed by atoms with Gasteiger partial charge in [-0.25, -0.2) is 0 Å². The van der Waals surface area contributed by atoms with E-state index in [0.29, 0.717) is 17.9 Å². The molecule has 2 aromatic rings. The number of benzene rings is 2. The number of amides is 1. The van der Waals surface area contributed by atoms with Gasteiger partial charge < -0.3 is 19.5 Å². The van der Waals surface area contributed by atoms with Gasteiger partial charge in [0.1, 0.15) is 0 Å². The molecule has 0 aliphatic heterocycles. The molecular weight excluding hydrogens is 351 g/mol. The molecule has 0 radical (unpaired) electrons. The predicted molar refractivity (Wildman–Crippen MR) is 89.6 cm³/mol. The molecule has 0 atom stereocenters. The third kappa shape index (κ3) is 5.58. The zero-order chi connectivity index (χ0) is 19.2. The van der Waals surface area contributed by atoms with Gasteiger partial charge in [-0.3, -0.25) is 4.79 Å². The molecule has 0 spiro atoms.